The molecule has 0 radical (unpaired) electrons. The molecule has 0 saturated carbocycles. The van der Waals surface area contributed by atoms with Crippen molar-refractivity contribution < 1.29 is 28.6 Å². The Bertz CT molecular complexity index is 1860. The Balaban J connectivity index is 4.37. The van der Waals surface area contributed by atoms with E-state index in [1.54, 1.807) is 6.08 Å². The maximum absolute atomic E-state index is 12.9. The summed E-state index contributed by atoms with van der Waals surface area (Å²) in [7, 11) is 0. The Morgan fingerprint density at radius 2 is 0.494 bits per heavy atom. The molecule has 0 aliphatic carbocycles. The van der Waals surface area contributed by atoms with Crippen molar-refractivity contribution in [1.29, 1.82) is 0 Å². The topological polar surface area (TPSA) is 78.9 Å². The average Bonchev–Trinajstić information content (AvgIpc) is 3.47. The molecule has 0 aromatic heterocycles. The normalized spacial score (nSPS) is 13.3. The molecule has 0 amide bonds. The number of allylic oxidation sites excluding steroid dienone is 27. The predicted octanol–water partition coefficient (Wildman–Crippen LogP) is 22.7. The van der Waals surface area contributed by atoms with E-state index in [0.29, 0.717) is 12.8 Å². The number of hydrogen-bond donors (Lipinski definition) is 0. The molecule has 0 aromatic carbocycles. The largest absolute Gasteiger partial charge is 0.462 e. The number of carbonyl (C=O) groups excluding carboxylic acids is 3. The van der Waals surface area contributed by atoms with Gasteiger partial charge in [-0.2, -0.15) is 0 Å². The summed E-state index contributed by atoms with van der Waals surface area (Å²) in [4.78, 5) is 38.3. The Kier molecular flexibility index (Phi) is 62.9. The Labute approximate surface area is 498 Å². The van der Waals surface area contributed by atoms with E-state index in [4.69, 9.17) is 14.2 Å². The van der Waals surface area contributed by atoms with E-state index in [1.807, 2.05) is 6.08 Å². The summed E-state index contributed by atoms with van der Waals surface area (Å²) in [5, 5.41) is 0. The molecule has 0 rings (SSSR count). The second-order valence-corrected chi connectivity index (χ2v) is 20.9. The van der Waals surface area contributed by atoms with Crippen molar-refractivity contribution in [3.05, 3.63) is 170 Å². The predicted molar refractivity (Wildman–Crippen MR) is 352 cm³/mol. The van der Waals surface area contributed by atoms with Crippen LogP contribution < -0.4 is 0 Å². The highest BCUT2D eigenvalue weighted by molar-refractivity contribution is 5.72. The fourth-order valence-corrected chi connectivity index (χ4v) is 8.48. The van der Waals surface area contributed by atoms with E-state index in [-0.39, 0.29) is 31.6 Å². The molecule has 0 N–H and O–H groups in total. The van der Waals surface area contributed by atoms with Gasteiger partial charge < -0.3 is 14.2 Å². The molecule has 6 nitrogen and oxygen atoms in total. The zero-order valence-corrected chi connectivity index (χ0v) is 52.0. The molecule has 0 aliphatic heterocycles. The van der Waals surface area contributed by atoms with E-state index in [1.165, 1.54) is 83.5 Å². The summed E-state index contributed by atoms with van der Waals surface area (Å²) >= 11 is 0. The molecular weight excluding hydrogens is 997 g/mol. The van der Waals surface area contributed by atoms with Gasteiger partial charge >= 0.3 is 17.9 Å². The smallest absolute Gasteiger partial charge is 0.309 e. The third kappa shape index (κ3) is 65.5. The van der Waals surface area contributed by atoms with Crippen LogP contribution in [0.4, 0.5) is 0 Å². The molecule has 1 unspecified atom stereocenters. The van der Waals surface area contributed by atoms with Gasteiger partial charge in [0, 0.05) is 12.8 Å². The van der Waals surface area contributed by atoms with Gasteiger partial charge in [-0.3, -0.25) is 14.4 Å². The quantitative estimate of drug-likeness (QED) is 0.0261. The van der Waals surface area contributed by atoms with Crippen LogP contribution in [0.15, 0.2) is 170 Å². The maximum Gasteiger partial charge on any atom is 0.309 e. The molecule has 6 heteroatoms. The molecule has 0 spiro atoms. The monoisotopic (exact) mass is 1110 g/mol. The van der Waals surface area contributed by atoms with E-state index in [2.05, 4.69) is 179 Å². The van der Waals surface area contributed by atoms with Crippen LogP contribution in [0.25, 0.3) is 0 Å². The Morgan fingerprint density at radius 3 is 0.802 bits per heavy atom. The first-order valence-electron chi connectivity index (χ1n) is 32.6. The van der Waals surface area contributed by atoms with Gasteiger partial charge in [-0.1, -0.05) is 287 Å². The summed E-state index contributed by atoms with van der Waals surface area (Å²) < 4.78 is 16.8. The first-order valence-corrected chi connectivity index (χ1v) is 32.6. The molecule has 0 aliphatic rings. The van der Waals surface area contributed by atoms with E-state index in [9.17, 15) is 14.4 Å². The zero-order valence-electron chi connectivity index (χ0n) is 52.0. The minimum Gasteiger partial charge on any atom is -0.462 e. The highest BCUT2D eigenvalue weighted by Gasteiger charge is 2.19. The Hall–Kier alpha value is -5.23. The number of ether oxygens (including phenoxy) is 3. The van der Waals surface area contributed by atoms with Crippen molar-refractivity contribution in [3.8, 4) is 0 Å². The van der Waals surface area contributed by atoms with Gasteiger partial charge in [0.25, 0.3) is 0 Å². The molecule has 1 atom stereocenters. The lowest BCUT2D eigenvalue weighted by molar-refractivity contribution is -0.166. The third-order valence-electron chi connectivity index (χ3n) is 13.2. The molecule has 0 aromatic rings. The highest BCUT2D eigenvalue weighted by Crippen LogP contribution is 2.15. The highest BCUT2D eigenvalue weighted by atomic mass is 16.6. The van der Waals surface area contributed by atoms with Crippen molar-refractivity contribution in [2.75, 3.05) is 13.2 Å². The summed E-state index contributed by atoms with van der Waals surface area (Å²) in [6.45, 7) is 6.20. The van der Waals surface area contributed by atoms with Gasteiger partial charge in [-0.05, 0) is 128 Å². The van der Waals surface area contributed by atoms with Crippen LogP contribution in [-0.4, -0.2) is 37.2 Å². The fraction of sp³-hybridized carbons (Fsp3) is 0.587. The molecule has 0 heterocycles. The van der Waals surface area contributed by atoms with Crippen molar-refractivity contribution in [2.24, 2.45) is 0 Å². The summed E-state index contributed by atoms with van der Waals surface area (Å²) in [5.41, 5.74) is 0. The van der Waals surface area contributed by atoms with Gasteiger partial charge in [0.2, 0.25) is 0 Å². The van der Waals surface area contributed by atoms with Crippen LogP contribution in [0.5, 0.6) is 0 Å². The minimum atomic E-state index is -0.833. The van der Waals surface area contributed by atoms with Gasteiger partial charge in [0.15, 0.2) is 6.10 Å². The van der Waals surface area contributed by atoms with Crippen LogP contribution in [0.1, 0.15) is 265 Å². The van der Waals surface area contributed by atoms with Crippen molar-refractivity contribution in [3.63, 3.8) is 0 Å². The van der Waals surface area contributed by atoms with E-state index in [0.717, 1.165) is 141 Å². The minimum absolute atomic E-state index is 0.118. The number of carbonyl (C=O) groups is 3. The molecule has 0 fully saturated rings. The summed E-state index contributed by atoms with van der Waals surface area (Å²) in [5.74, 6) is -1.07. The lowest BCUT2D eigenvalue weighted by atomic mass is 10.0. The third-order valence-corrected chi connectivity index (χ3v) is 13.2. The number of hydrogen-bond acceptors (Lipinski definition) is 6. The van der Waals surface area contributed by atoms with Gasteiger partial charge in [-0.15, -0.1) is 0 Å². The lowest BCUT2D eigenvalue weighted by Gasteiger charge is -2.18. The Morgan fingerprint density at radius 1 is 0.259 bits per heavy atom. The average molecular weight is 1120 g/mol. The first kappa shape index (κ1) is 75.8. The second-order valence-electron chi connectivity index (χ2n) is 20.9. The first-order chi connectivity index (χ1) is 40.0. The lowest BCUT2D eigenvalue weighted by Crippen LogP contribution is -2.30. The second kappa shape index (κ2) is 67.3. The standard InChI is InChI=1S/C75H118O6/c1-4-7-10-13-16-19-22-25-28-30-31-32-33-34-35-36-37-38-39-40-41-42-43-45-47-50-53-56-59-62-65-68-74(77)80-71-72(70-79-73(76)67-64-61-58-55-52-49-46-27-24-21-18-15-12-9-6-3)81-75(78)69-66-63-60-57-54-51-48-44-29-26-23-20-17-14-11-8-5-2/h7-12,16-21,25-29,31-32,34-35,37-38,46,52,55,61,64,72H,4-6,13-15,22-24,30,33,36,39-45,47-51,53-54,56-60,62-63,65-71H2,1-3H3/b10-7-,11-8-,12-9-,19-16-,20-17-,21-18-,28-25-,29-26-,32-31-,35-34-,38-37-,46-27-,55-52-,64-61-. The number of rotatable bonds is 57. The van der Waals surface area contributed by atoms with Crippen molar-refractivity contribution in [1.82, 2.24) is 0 Å². The van der Waals surface area contributed by atoms with E-state index < -0.39 is 12.1 Å². The van der Waals surface area contributed by atoms with E-state index >= 15 is 0 Å². The van der Waals surface area contributed by atoms with Crippen LogP contribution >= 0.6 is 0 Å². The maximum atomic E-state index is 12.9. The summed E-state index contributed by atoms with van der Waals surface area (Å²) in [6, 6.07) is 0. The summed E-state index contributed by atoms with van der Waals surface area (Å²) in [6.07, 6.45) is 99.6. The van der Waals surface area contributed by atoms with Gasteiger partial charge in [0.05, 0.1) is 6.42 Å². The number of esters is 3. The molecular formula is C75H118O6. The fourth-order valence-electron chi connectivity index (χ4n) is 8.48. The van der Waals surface area contributed by atoms with Crippen LogP contribution in [-0.2, 0) is 28.6 Å². The van der Waals surface area contributed by atoms with Crippen LogP contribution in [0.2, 0.25) is 0 Å². The molecule has 0 saturated heterocycles. The number of unbranched alkanes of at least 4 members (excludes halogenated alkanes) is 19. The molecule has 0 bridgehead atoms. The SMILES string of the molecule is CC/C=C\C/C=C\C/C=C\C/C=C\C/C=C\C/C=C\CCCCCCCCCCCCCCC(=O)OCC(COC(=O)C/C=C\C/C=C\C/C=C\C/C=C\C/C=C\CC)OC(=O)CCCCCCCCC/C=C\C/C=C\C/C=C\CC. The van der Waals surface area contributed by atoms with Gasteiger partial charge in [-0.25, -0.2) is 0 Å². The zero-order chi connectivity index (χ0) is 58.5. The molecule has 454 valence electrons. The van der Waals surface area contributed by atoms with Crippen molar-refractivity contribution >= 4 is 17.9 Å². The van der Waals surface area contributed by atoms with Gasteiger partial charge in [0.1, 0.15) is 13.2 Å². The van der Waals surface area contributed by atoms with Crippen molar-refractivity contribution in [2.45, 2.75) is 271 Å². The van der Waals surface area contributed by atoms with Crippen LogP contribution in [0.3, 0.4) is 0 Å². The molecule has 81 heavy (non-hydrogen) atoms. The van der Waals surface area contributed by atoms with Crippen LogP contribution in [0, 0.1) is 0 Å².